The van der Waals surface area contributed by atoms with Crippen molar-refractivity contribution in [2.45, 2.75) is 33.2 Å². The summed E-state index contributed by atoms with van der Waals surface area (Å²) in [6, 6.07) is 1.86. The van der Waals surface area contributed by atoms with E-state index in [4.69, 9.17) is 0 Å². The fourth-order valence-electron chi connectivity index (χ4n) is 1.80. The molecule has 0 spiro atoms. The highest BCUT2D eigenvalue weighted by Gasteiger charge is 2.09. The zero-order valence-electron chi connectivity index (χ0n) is 9.74. The molecule has 0 amide bonds. The van der Waals surface area contributed by atoms with Crippen LogP contribution in [0.2, 0.25) is 0 Å². The van der Waals surface area contributed by atoms with Crippen LogP contribution in [0.4, 0.5) is 0 Å². The van der Waals surface area contributed by atoms with Crippen LogP contribution in [0.3, 0.4) is 0 Å². The van der Waals surface area contributed by atoms with Gasteiger partial charge < -0.3 is 4.57 Å². The van der Waals surface area contributed by atoms with Crippen molar-refractivity contribution in [1.29, 1.82) is 0 Å². The van der Waals surface area contributed by atoms with Crippen LogP contribution in [0.25, 0.3) is 0 Å². The van der Waals surface area contributed by atoms with E-state index in [0.29, 0.717) is 5.92 Å². The smallest absolute Gasteiger partial charge is 0.253 e. The van der Waals surface area contributed by atoms with Crippen LogP contribution in [0, 0.1) is 12.8 Å². The lowest BCUT2D eigenvalue weighted by molar-refractivity contribution is 0.445. The normalized spacial score (nSPS) is 12.8. The number of pyridine rings is 1. The fourth-order valence-corrected chi connectivity index (χ4v) is 2.69. The Kier molecular flexibility index (Phi) is 5.62. The van der Waals surface area contributed by atoms with Gasteiger partial charge in [0.2, 0.25) is 0 Å². The average Bonchev–Trinajstić information content (AvgIpc) is 2.24. The number of hydrogen-bond acceptors (Lipinski definition) is 2. The first kappa shape index (κ1) is 13.8. The predicted molar refractivity (Wildman–Crippen MR) is 75.4 cm³/mol. The molecule has 1 aromatic rings. The molecule has 1 aromatic heterocycles. The van der Waals surface area contributed by atoms with Crippen LogP contribution in [-0.2, 0) is 6.54 Å². The lowest BCUT2D eigenvalue weighted by Gasteiger charge is -2.15. The first-order valence-corrected chi connectivity index (χ1v) is 6.98. The Hall–Kier alpha value is -0.220. The van der Waals surface area contributed by atoms with E-state index < -0.39 is 0 Å². The van der Waals surface area contributed by atoms with Crippen LogP contribution in [-0.4, -0.2) is 10.3 Å². The SMILES string of the molecule is CCCC(CS)Cn1cc(Br)cc(C)c1=O. The summed E-state index contributed by atoms with van der Waals surface area (Å²) in [4.78, 5) is 11.9. The van der Waals surface area contributed by atoms with Gasteiger partial charge in [-0.1, -0.05) is 13.3 Å². The van der Waals surface area contributed by atoms with E-state index in [0.717, 1.165) is 35.2 Å². The van der Waals surface area contributed by atoms with E-state index in [1.54, 1.807) is 4.57 Å². The number of aromatic nitrogens is 1. The van der Waals surface area contributed by atoms with Gasteiger partial charge >= 0.3 is 0 Å². The van der Waals surface area contributed by atoms with Crippen molar-refractivity contribution in [2.75, 3.05) is 5.75 Å². The van der Waals surface area contributed by atoms with Gasteiger partial charge in [-0.2, -0.15) is 12.6 Å². The number of halogens is 1. The lowest BCUT2D eigenvalue weighted by Crippen LogP contribution is -2.26. The molecule has 0 aliphatic carbocycles. The van der Waals surface area contributed by atoms with Crippen molar-refractivity contribution in [1.82, 2.24) is 4.57 Å². The number of nitrogens with zero attached hydrogens (tertiary/aromatic N) is 1. The maximum absolute atomic E-state index is 11.9. The largest absolute Gasteiger partial charge is 0.314 e. The molecule has 1 unspecified atom stereocenters. The van der Waals surface area contributed by atoms with Crippen molar-refractivity contribution < 1.29 is 0 Å². The molecule has 4 heteroatoms. The van der Waals surface area contributed by atoms with Crippen LogP contribution in [0.1, 0.15) is 25.3 Å². The Bertz CT molecular complexity index is 402. The Morgan fingerprint density at radius 1 is 1.56 bits per heavy atom. The Labute approximate surface area is 111 Å². The third-order valence-electron chi connectivity index (χ3n) is 2.64. The van der Waals surface area contributed by atoms with E-state index in [1.165, 1.54) is 0 Å². The van der Waals surface area contributed by atoms with Gasteiger partial charge in [0.05, 0.1) is 0 Å². The van der Waals surface area contributed by atoms with Crippen LogP contribution >= 0.6 is 28.6 Å². The maximum Gasteiger partial charge on any atom is 0.253 e. The minimum absolute atomic E-state index is 0.103. The third kappa shape index (κ3) is 3.67. The molecule has 0 aliphatic rings. The van der Waals surface area contributed by atoms with Crippen molar-refractivity contribution in [2.24, 2.45) is 5.92 Å². The highest BCUT2D eigenvalue weighted by molar-refractivity contribution is 9.10. The number of aryl methyl sites for hydroxylation is 1. The summed E-state index contributed by atoms with van der Waals surface area (Å²) in [7, 11) is 0. The lowest BCUT2D eigenvalue weighted by atomic mass is 10.1. The fraction of sp³-hybridized carbons (Fsp3) is 0.583. The molecule has 2 nitrogen and oxygen atoms in total. The van der Waals surface area contributed by atoms with Crippen LogP contribution in [0.5, 0.6) is 0 Å². The van der Waals surface area contributed by atoms with Gasteiger partial charge in [-0.15, -0.1) is 0 Å². The van der Waals surface area contributed by atoms with Crippen molar-refractivity contribution in [3.63, 3.8) is 0 Å². The second kappa shape index (κ2) is 6.50. The molecule has 1 rings (SSSR count). The van der Waals surface area contributed by atoms with E-state index in [-0.39, 0.29) is 5.56 Å². The summed E-state index contributed by atoms with van der Waals surface area (Å²) in [6.45, 7) is 4.76. The third-order valence-corrected chi connectivity index (χ3v) is 3.59. The second-order valence-corrected chi connectivity index (χ2v) is 5.42. The Morgan fingerprint density at radius 3 is 2.81 bits per heavy atom. The van der Waals surface area contributed by atoms with Gasteiger partial charge in [0.1, 0.15) is 0 Å². The van der Waals surface area contributed by atoms with E-state index in [9.17, 15) is 4.79 Å². The minimum atomic E-state index is 0.103. The zero-order chi connectivity index (χ0) is 12.1. The highest BCUT2D eigenvalue weighted by Crippen LogP contribution is 2.13. The van der Waals surface area contributed by atoms with Crippen molar-refractivity contribution in [3.05, 3.63) is 32.7 Å². The van der Waals surface area contributed by atoms with Gasteiger partial charge in [0.25, 0.3) is 5.56 Å². The van der Waals surface area contributed by atoms with Gasteiger partial charge in [-0.25, -0.2) is 0 Å². The monoisotopic (exact) mass is 303 g/mol. The summed E-state index contributed by atoms with van der Waals surface area (Å²) < 4.78 is 2.75. The molecule has 0 saturated carbocycles. The summed E-state index contributed by atoms with van der Waals surface area (Å²) >= 11 is 7.76. The molecule has 0 aromatic carbocycles. The quantitative estimate of drug-likeness (QED) is 0.829. The van der Waals surface area contributed by atoms with E-state index in [1.807, 2.05) is 19.2 Å². The summed E-state index contributed by atoms with van der Waals surface area (Å²) in [5.41, 5.74) is 0.884. The Balaban J connectivity index is 2.91. The van der Waals surface area contributed by atoms with Crippen LogP contribution in [0.15, 0.2) is 21.5 Å². The molecule has 0 aliphatic heterocycles. The summed E-state index contributed by atoms with van der Waals surface area (Å²) in [6.07, 6.45) is 4.11. The van der Waals surface area contributed by atoms with E-state index in [2.05, 4.69) is 35.5 Å². The molecule has 1 atom stereocenters. The molecule has 16 heavy (non-hydrogen) atoms. The van der Waals surface area contributed by atoms with Crippen molar-refractivity contribution >= 4 is 28.6 Å². The van der Waals surface area contributed by atoms with Crippen LogP contribution < -0.4 is 5.56 Å². The summed E-state index contributed by atoms with van der Waals surface area (Å²) in [5.74, 6) is 1.30. The summed E-state index contributed by atoms with van der Waals surface area (Å²) in [5, 5.41) is 0. The first-order valence-electron chi connectivity index (χ1n) is 5.56. The molecule has 0 N–H and O–H groups in total. The molecule has 1 heterocycles. The van der Waals surface area contributed by atoms with Gasteiger partial charge in [-0.05, 0) is 47.0 Å². The molecule has 90 valence electrons. The highest BCUT2D eigenvalue weighted by atomic mass is 79.9. The standard InChI is InChI=1S/C12H18BrNOS/c1-3-4-10(8-16)6-14-7-11(13)5-9(2)12(14)15/h5,7,10,16H,3-4,6,8H2,1-2H3. The number of thiol groups is 1. The van der Waals surface area contributed by atoms with E-state index >= 15 is 0 Å². The second-order valence-electron chi connectivity index (χ2n) is 4.14. The topological polar surface area (TPSA) is 22.0 Å². The van der Waals surface area contributed by atoms with Gasteiger partial charge in [0, 0.05) is 22.8 Å². The number of rotatable bonds is 5. The van der Waals surface area contributed by atoms with Gasteiger partial charge in [0.15, 0.2) is 0 Å². The van der Waals surface area contributed by atoms with Gasteiger partial charge in [-0.3, -0.25) is 4.79 Å². The van der Waals surface area contributed by atoms with Crippen molar-refractivity contribution in [3.8, 4) is 0 Å². The number of hydrogen-bond donors (Lipinski definition) is 1. The maximum atomic E-state index is 11.9. The Morgan fingerprint density at radius 2 is 2.25 bits per heavy atom. The predicted octanol–water partition coefficient (Wildman–Crippen LogP) is 3.27. The molecule has 0 saturated heterocycles. The molecular weight excluding hydrogens is 286 g/mol. The zero-order valence-corrected chi connectivity index (χ0v) is 12.2. The first-order chi connectivity index (χ1) is 7.58. The molecule has 0 radical (unpaired) electrons. The molecule has 0 bridgehead atoms. The molecular formula is C12H18BrNOS. The molecule has 0 fully saturated rings. The minimum Gasteiger partial charge on any atom is -0.314 e. The average molecular weight is 304 g/mol.